The van der Waals surface area contributed by atoms with E-state index >= 15 is 0 Å². The number of para-hydroxylation sites is 1. The van der Waals surface area contributed by atoms with Crippen LogP contribution in [-0.4, -0.2) is 16.1 Å². The lowest BCUT2D eigenvalue weighted by atomic mass is 10.0. The van der Waals surface area contributed by atoms with Gasteiger partial charge >= 0.3 is 5.97 Å². The van der Waals surface area contributed by atoms with Crippen LogP contribution in [-0.2, 0) is 6.42 Å². The van der Waals surface area contributed by atoms with Crippen molar-refractivity contribution in [3.8, 4) is 11.3 Å². The number of hydrogen-bond acceptors (Lipinski definition) is 2. The summed E-state index contributed by atoms with van der Waals surface area (Å²) in [5, 5.41) is 9.79. The molecule has 0 atom stereocenters. The predicted octanol–water partition coefficient (Wildman–Crippen LogP) is 5.80. The van der Waals surface area contributed by atoms with E-state index in [9.17, 15) is 14.7 Å². The number of nitrogens with one attached hydrogen (secondary N) is 1. The molecule has 4 nitrogen and oxygen atoms in total. The summed E-state index contributed by atoms with van der Waals surface area (Å²) in [7, 11) is 0. The highest BCUT2D eigenvalue weighted by molar-refractivity contribution is 6.02. The van der Waals surface area contributed by atoms with Crippen LogP contribution in [0.5, 0.6) is 0 Å². The van der Waals surface area contributed by atoms with Crippen molar-refractivity contribution in [1.82, 2.24) is 4.98 Å². The van der Waals surface area contributed by atoms with Gasteiger partial charge in [-0.25, -0.2) is 4.79 Å². The topological polar surface area (TPSA) is 70.2 Å². The summed E-state index contributed by atoms with van der Waals surface area (Å²) >= 11 is 0. The zero-order valence-corrected chi connectivity index (χ0v) is 16.3. The van der Waals surface area contributed by atoms with Crippen LogP contribution in [0.4, 0.5) is 0 Å². The second-order valence-electron chi connectivity index (χ2n) is 7.30. The molecule has 4 heteroatoms. The highest BCUT2D eigenvalue weighted by atomic mass is 16.4. The van der Waals surface area contributed by atoms with E-state index in [2.05, 4.69) is 24.0 Å². The molecule has 2 aromatic carbocycles. The summed E-state index contributed by atoms with van der Waals surface area (Å²) < 4.78 is 0. The third-order valence-electron chi connectivity index (χ3n) is 5.18. The van der Waals surface area contributed by atoms with Gasteiger partial charge in [0.15, 0.2) is 5.43 Å². The number of aromatic carboxylic acids is 1. The van der Waals surface area contributed by atoms with Gasteiger partial charge in [-0.3, -0.25) is 4.79 Å². The Hall–Kier alpha value is -2.88. The molecular formula is C24H27NO3. The summed E-state index contributed by atoms with van der Waals surface area (Å²) in [6.07, 6.45) is 8.73. The fourth-order valence-corrected chi connectivity index (χ4v) is 3.57. The molecule has 2 N–H and O–H groups in total. The van der Waals surface area contributed by atoms with Gasteiger partial charge in [-0.1, -0.05) is 69.4 Å². The molecule has 0 saturated carbocycles. The number of rotatable bonds is 9. The minimum atomic E-state index is -1.05. The van der Waals surface area contributed by atoms with E-state index in [4.69, 9.17) is 0 Å². The van der Waals surface area contributed by atoms with Gasteiger partial charge < -0.3 is 10.1 Å². The Labute approximate surface area is 165 Å². The number of aromatic nitrogens is 1. The average molecular weight is 377 g/mol. The van der Waals surface area contributed by atoms with Gasteiger partial charge in [-0.05, 0) is 36.1 Å². The molecule has 3 rings (SSSR count). The molecule has 0 radical (unpaired) electrons. The minimum absolute atomic E-state index is 0.108. The molecule has 0 aliphatic heterocycles. The molecule has 28 heavy (non-hydrogen) atoms. The van der Waals surface area contributed by atoms with Crippen LogP contribution in [0, 0.1) is 0 Å². The summed E-state index contributed by atoms with van der Waals surface area (Å²) in [6.45, 7) is 2.23. The molecule has 1 heterocycles. The average Bonchev–Trinajstić information content (AvgIpc) is 2.70. The standard InChI is InChI=1S/C24H27NO3/c1-2-3-4-5-6-7-9-17-12-14-18(15-13-17)21-16-22(26)19-10-8-11-20(24(27)28)23(19)25-21/h8,10-16H,2-7,9H2,1H3,(H,25,26)(H,27,28). The fraction of sp³-hybridized carbons (Fsp3) is 0.333. The van der Waals surface area contributed by atoms with Crippen molar-refractivity contribution < 1.29 is 9.90 Å². The maximum absolute atomic E-state index is 12.5. The number of aromatic amines is 1. The smallest absolute Gasteiger partial charge is 0.337 e. The number of carbonyl (C=O) groups is 1. The first kappa shape index (κ1) is 19.9. The molecule has 0 bridgehead atoms. The van der Waals surface area contributed by atoms with E-state index in [0.29, 0.717) is 16.6 Å². The van der Waals surface area contributed by atoms with E-state index in [1.165, 1.54) is 56.2 Å². The zero-order chi connectivity index (χ0) is 19.9. The second-order valence-corrected chi connectivity index (χ2v) is 7.30. The van der Waals surface area contributed by atoms with Gasteiger partial charge in [0.2, 0.25) is 0 Å². The Morgan fingerprint density at radius 2 is 1.68 bits per heavy atom. The van der Waals surface area contributed by atoms with Crippen LogP contribution >= 0.6 is 0 Å². The fourth-order valence-electron chi connectivity index (χ4n) is 3.57. The van der Waals surface area contributed by atoms with Crippen LogP contribution in [0.1, 0.15) is 61.4 Å². The Bertz CT molecular complexity index is 1000. The SMILES string of the molecule is CCCCCCCCc1ccc(-c2cc(=O)c3cccc(C(=O)O)c3[nH]2)cc1. The van der Waals surface area contributed by atoms with Crippen molar-refractivity contribution in [3.05, 3.63) is 69.9 Å². The lowest BCUT2D eigenvalue weighted by Gasteiger charge is -2.08. The number of aryl methyl sites for hydroxylation is 1. The number of benzene rings is 2. The maximum atomic E-state index is 12.5. The van der Waals surface area contributed by atoms with Crippen LogP contribution in [0.15, 0.2) is 53.3 Å². The highest BCUT2D eigenvalue weighted by Crippen LogP contribution is 2.22. The Morgan fingerprint density at radius 1 is 0.964 bits per heavy atom. The minimum Gasteiger partial charge on any atom is -0.478 e. The number of carboxylic acid groups (broad SMARTS) is 1. The van der Waals surface area contributed by atoms with Gasteiger partial charge in [-0.2, -0.15) is 0 Å². The number of H-pyrrole nitrogens is 1. The number of unbranched alkanes of at least 4 members (excludes halogenated alkanes) is 5. The molecule has 146 valence electrons. The van der Waals surface area contributed by atoms with Crippen LogP contribution in [0.3, 0.4) is 0 Å². The first-order valence-corrected chi connectivity index (χ1v) is 10.1. The number of hydrogen-bond donors (Lipinski definition) is 2. The summed E-state index contributed by atoms with van der Waals surface area (Å²) in [5.41, 5.74) is 3.10. The quantitative estimate of drug-likeness (QED) is 0.463. The summed E-state index contributed by atoms with van der Waals surface area (Å²) in [4.78, 5) is 27.1. The van der Waals surface area contributed by atoms with Gasteiger partial charge in [-0.15, -0.1) is 0 Å². The van der Waals surface area contributed by atoms with Gasteiger partial charge in [0.1, 0.15) is 0 Å². The third-order valence-corrected chi connectivity index (χ3v) is 5.18. The Morgan fingerprint density at radius 3 is 2.39 bits per heavy atom. The number of fused-ring (bicyclic) bond motifs is 1. The maximum Gasteiger partial charge on any atom is 0.337 e. The van der Waals surface area contributed by atoms with Crippen LogP contribution in [0.25, 0.3) is 22.2 Å². The highest BCUT2D eigenvalue weighted by Gasteiger charge is 2.12. The van der Waals surface area contributed by atoms with Crippen LogP contribution < -0.4 is 5.43 Å². The van der Waals surface area contributed by atoms with Crippen LogP contribution in [0.2, 0.25) is 0 Å². The van der Waals surface area contributed by atoms with Crippen molar-refractivity contribution in [2.24, 2.45) is 0 Å². The van der Waals surface area contributed by atoms with E-state index in [1.807, 2.05) is 12.1 Å². The first-order chi connectivity index (χ1) is 13.6. The van der Waals surface area contributed by atoms with Gasteiger partial charge in [0.05, 0.1) is 11.1 Å². The van der Waals surface area contributed by atoms with Crippen molar-refractivity contribution in [3.63, 3.8) is 0 Å². The van der Waals surface area contributed by atoms with Crippen molar-refractivity contribution >= 4 is 16.9 Å². The van der Waals surface area contributed by atoms with Crippen molar-refractivity contribution in [2.75, 3.05) is 0 Å². The van der Waals surface area contributed by atoms with Gasteiger partial charge in [0, 0.05) is 17.1 Å². The monoisotopic (exact) mass is 377 g/mol. The molecule has 0 fully saturated rings. The van der Waals surface area contributed by atoms with Gasteiger partial charge in [0.25, 0.3) is 0 Å². The Balaban J connectivity index is 1.76. The van der Waals surface area contributed by atoms with E-state index < -0.39 is 5.97 Å². The summed E-state index contributed by atoms with van der Waals surface area (Å²) in [5.74, 6) is -1.05. The second kappa shape index (κ2) is 9.36. The molecule has 0 aliphatic rings. The molecular weight excluding hydrogens is 350 g/mol. The molecule has 0 aliphatic carbocycles. The third kappa shape index (κ3) is 4.69. The normalized spacial score (nSPS) is 11.0. The Kier molecular flexibility index (Phi) is 6.64. The summed E-state index contributed by atoms with van der Waals surface area (Å²) in [6, 6.07) is 14.5. The lowest BCUT2D eigenvalue weighted by molar-refractivity contribution is 0.0699. The first-order valence-electron chi connectivity index (χ1n) is 10.1. The van der Waals surface area contributed by atoms with E-state index in [1.54, 1.807) is 12.1 Å². The largest absolute Gasteiger partial charge is 0.478 e. The zero-order valence-electron chi connectivity index (χ0n) is 16.3. The van der Waals surface area contributed by atoms with E-state index in [-0.39, 0.29) is 11.0 Å². The number of carboxylic acids is 1. The van der Waals surface area contributed by atoms with Crippen molar-refractivity contribution in [2.45, 2.75) is 51.9 Å². The van der Waals surface area contributed by atoms with Crippen molar-refractivity contribution in [1.29, 1.82) is 0 Å². The predicted molar refractivity (Wildman–Crippen MR) is 114 cm³/mol. The van der Waals surface area contributed by atoms with E-state index in [0.717, 1.165) is 12.0 Å². The molecule has 1 aromatic heterocycles. The molecule has 0 saturated heterocycles. The molecule has 0 unspecified atom stereocenters. The lowest BCUT2D eigenvalue weighted by Crippen LogP contribution is -2.07. The molecule has 0 spiro atoms. The number of pyridine rings is 1. The molecule has 0 amide bonds. The molecule has 3 aromatic rings.